The van der Waals surface area contributed by atoms with Gasteiger partial charge in [0.15, 0.2) is 4.90 Å². The zero-order valence-corrected chi connectivity index (χ0v) is 13.2. The molecule has 10 heteroatoms. The van der Waals surface area contributed by atoms with Crippen LogP contribution in [0.5, 0.6) is 0 Å². The van der Waals surface area contributed by atoms with Crippen molar-refractivity contribution in [1.82, 2.24) is 4.31 Å². The number of hydrogen-bond donors (Lipinski definition) is 1. The first-order valence-corrected chi connectivity index (χ1v) is 7.15. The average molecular weight is 344 g/mol. The van der Waals surface area contributed by atoms with E-state index in [1.807, 2.05) is 0 Å². The van der Waals surface area contributed by atoms with Crippen molar-refractivity contribution in [2.45, 2.75) is 17.9 Å². The zero-order valence-electron chi connectivity index (χ0n) is 10.8. The van der Waals surface area contributed by atoms with Crippen LogP contribution in [0.2, 0.25) is 5.02 Å². The van der Waals surface area contributed by atoms with Crippen LogP contribution in [-0.4, -0.2) is 37.3 Å². The number of likely N-dealkylation sites (N-methyl/N-ethyl adjacent to an activating group) is 1. The first kappa shape index (κ1) is 19.1. The van der Waals surface area contributed by atoms with E-state index in [0.29, 0.717) is 0 Å². The Morgan fingerprint density at radius 3 is 2.50 bits per heavy atom. The predicted octanol–water partition coefficient (Wildman–Crippen LogP) is 1.64. The fourth-order valence-electron chi connectivity index (χ4n) is 1.39. The monoisotopic (exact) mass is 343 g/mol. The van der Waals surface area contributed by atoms with E-state index in [1.165, 1.54) is 13.1 Å². The number of halogens is 2. The van der Waals surface area contributed by atoms with Gasteiger partial charge in [-0.25, -0.2) is 8.42 Å². The van der Waals surface area contributed by atoms with E-state index in [-0.39, 0.29) is 24.0 Å². The van der Waals surface area contributed by atoms with Gasteiger partial charge in [-0.05, 0) is 19.1 Å². The largest absolute Gasteiger partial charge is 0.329 e. The molecule has 7 nitrogen and oxygen atoms in total. The van der Waals surface area contributed by atoms with Crippen LogP contribution in [0.3, 0.4) is 0 Å². The maximum atomic E-state index is 12.3. The molecule has 0 radical (unpaired) electrons. The Morgan fingerprint density at radius 1 is 1.50 bits per heavy atom. The van der Waals surface area contributed by atoms with Crippen LogP contribution >= 0.6 is 24.0 Å². The Balaban J connectivity index is 0.00000361. The summed E-state index contributed by atoms with van der Waals surface area (Å²) >= 11 is 5.65. The molecular formula is C10H15Cl2N3O4S. The van der Waals surface area contributed by atoms with Crippen LogP contribution in [0.25, 0.3) is 0 Å². The Kier molecular flexibility index (Phi) is 6.85. The van der Waals surface area contributed by atoms with Gasteiger partial charge in [0.1, 0.15) is 0 Å². The van der Waals surface area contributed by atoms with Gasteiger partial charge in [-0.2, -0.15) is 4.31 Å². The predicted molar refractivity (Wildman–Crippen MR) is 78.8 cm³/mol. The second-order valence-electron chi connectivity index (χ2n) is 3.98. The second kappa shape index (κ2) is 7.19. The van der Waals surface area contributed by atoms with Crippen molar-refractivity contribution in [1.29, 1.82) is 0 Å². The molecule has 1 atom stereocenters. The minimum absolute atomic E-state index is 0. The van der Waals surface area contributed by atoms with Gasteiger partial charge in [0, 0.05) is 30.7 Å². The number of nitro benzene ring substituents is 1. The summed E-state index contributed by atoms with van der Waals surface area (Å²) in [5.41, 5.74) is 4.86. The molecule has 0 aromatic heterocycles. The molecule has 20 heavy (non-hydrogen) atoms. The van der Waals surface area contributed by atoms with Gasteiger partial charge in [-0.1, -0.05) is 11.6 Å². The minimum Gasteiger partial charge on any atom is -0.329 e. The molecule has 0 bridgehead atoms. The fourth-order valence-corrected chi connectivity index (χ4v) is 3.07. The van der Waals surface area contributed by atoms with Gasteiger partial charge < -0.3 is 5.73 Å². The molecule has 114 valence electrons. The first-order valence-electron chi connectivity index (χ1n) is 5.34. The van der Waals surface area contributed by atoms with E-state index in [2.05, 4.69) is 0 Å². The fraction of sp³-hybridized carbons (Fsp3) is 0.400. The van der Waals surface area contributed by atoms with Gasteiger partial charge in [-0.15, -0.1) is 12.4 Å². The van der Waals surface area contributed by atoms with Crippen LogP contribution in [0.15, 0.2) is 23.1 Å². The normalized spacial score (nSPS) is 12.8. The van der Waals surface area contributed by atoms with Crippen molar-refractivity contribution in [3.8, 4) is 0 Å². The van der Waals surface area contributed by atoms with Gasteiger partial charge in [0.2, 0.25) is 10.0 Å². The number of nitro groups is 1. The highest BCUT2D eigenvalue weighted by Crippen LogP contribution is 2.29. The summed E-state index contributed by atoms with van der Waals surface area (Å²) < 4.78 is 25.6. The maximum Gasteiger partial charge on any atom is 0.290 e. The molecule has 0 aliphatic carbocycles. The van der Waals surface area contributed by atoms with Crippen molar-refractivity contribution in [2.24, 2.45) is 5.73 Å². The van der Waals surface area contributed by atoms with Crippen LogP contribution < -0.4 is 5.73 Å². The number of rotatable bonds is 5. The van der Waals surface area contributed by atoms with Gasteiger partial charge in [-0.3, -0.25) is 10.1 Å². The van der Waals surface area contributed by atoms with E-state index in [1.54, 1.807) is 6.92 Å². The number of benzene rings is 1. The Morgan fingerprint density at radius 2 is 2.05 bits per heavy atom. The van der Waals surface area contributed by atoms with Crippen molar-refractivity contribution >= 4 is 39.7 Å². The molecule has 0 aliphatic heterocycles. The van der Waals surface area contributed by atoms with Crippen molar-refractivity contribution < 1.29 is 13.3 Å². The number of hydrogen-bond acceptors (Lipinski definition) is 5. The summed E-state index contributed by atoms with van der Waals surface area (Å²) in [5, 5.41) is 11.0. The van der Waals surface area contributed by atoms with Gasteiger partial charge in [0.25, 0.3) is 5.69 Å². The molecule has 0 spiro atoms. The molecule has 0 saturated heterocycles. The minimum atomic E-state index is -3.99. The lowest BCUT2D eigenvalue weighted by molar-refractivity contribution is -0.387. The van der Waals surface area contributed by atoms with Crippen molar-refractivity contribution in [3.63, 3.8) is 0 Å². The SMILES string of the molecule is CC(CN)N(C)S(=O)(=O)c1ccc(Cl)cc1[N+](=O)[O-].Cl. The highest BCUT2D eigenvalue weighted by molar-refractivity contribution is 7.89. The molecule has 2 N–H and O–H groups in total. The van der Waals surface area contributed by atoms with E-state index >= 15 is 0 Å². The molecule has 0 saturated carbocycles. The summed E-state index contributed by atoms with van der Waals surface area (Å²) in [6.07, 6.45) is 0. The molecule has 0 heterocycles. The Labute approximate surface area is 128 Å². The Bertz CT molecular complexity index is 594. The van der Waals surface area contributed by atoms with Crippen molar-refractivity contribution in [3.05, 3.63) is 33.3 Å². The molecule has 1 aromatic carbocycles. The highest BCUT2D eigenvalue weighted by atomic mass is 35.5. The third kappa shape index (κ3) is 3.80. The summed E-state index contributed by atoms with van der Waals surface area (Å²) in [4.78, 5) is 9.75. The smallest absolute Gasteiger partial charge is 0.290 e. The summed E-state index contributed by atoms with van der Waals surface area (Å²) in [7, 11) is -2.67. The quantitative estimate of drug-likeness (QED) is 0.645. The third-order valence-corrected chi connectivity index (χ3v) is 4.99. The lowest BCUT2D eigenvalue weighted by Crippen LogP contribution is -2.39. The lowest BCUT2D eigenvalue weighted by atomic mass is 10.3. The molecule has 1 rings (SSSR count). The van der Waals surface area contributed by atoms with Crippen LogP contribution in [0, 0.1) is 10.1 Å². The zero-order chi connectivity index (χ0) is 14.8. The highest BCUT2D eigenvalue weighted by Gasteiger charge is 2.31. The summed E-state index contributed by atoms with van der Waals surface area (Å²) in [6.45, 7) is 1.72. The van der Waals surface area contributed by atoms with Crippen LogP contribution in [0.1, 0.15) is 6.92 Å². The van der Waals surface area contributed by atoms with Crippen LogP contribution in [0.4, 0.5) is 5.69 Å². The van der Waals surface area contributed by atoms with Crippen LogP contribution in [-0.2, 0) is 10.0 Å². The molecule has 0 fully saturated rings. The van der Waals surface area contributed by atoms with E-state index in [0.717, 1.165) is 16.4 Å². The lowest BCUT2D eigenvalue weighted by Gasteiger charge is -2.22. The molecule has 0 amide bonds. The molecule has 1 unspecified atom stereocenters. The molecule has 0 aliphatic rings. The molecular weight excluding hydrogens is 329 g/mol. The summed E-state index contributed by atoms with van der Waals surface area (Å²) in [5.74, 6) is 0. The topological polar surface area (TPSA) is 107 Å². The van der Waals surface area contributed by atoms with E-state index in [9.17, 15) is 18.5 Å². The van der Waals surface area contributed by atoms with E-state index in [4.69, 9.17) is 17.3 Å². The number of nitrogens with zero attached hydrogens (tertiary/aromatic N) is 2. The number of sulfonamides is 1. The first-order chi connectivity index (χ1) is 8.71. The summed E-state index contributed by atoms with van der Waals surface area (Å²) in [6, 6.07) is 2.95. The second-order valence-corrected chi connectivity index (χ2v) is 6.38. The third-order valence-electron chi connectivity index (χ3n) is 2.74. The van der Waals surface area contributed by atoms with Gasteiger partial charge in [0.05, 0.1) is 4.92 Å². The Hall–Kier alpha value is -0.930. The van der Waals surface area contributed by atoms with Crippen molar-refractivity contribution in [2.75, 3.05) is 13.6 Å². The number of nitrogens with two attached hydrogens (primary N) is 1. The molecule has 1 aromatic rings. The average Bonchev–Trinajstić information content (AvgIpc) is 2.36. The maximum absolute atomic E-state index is 12.3. The van der Waals surface area contributed by atoms with E-state index < -0.39 is 31.6 Å². The standard InChI is InChI=1S/C10H14ClN3O4S.ClH/c1-7(6-12)13(2)19(17,18)10-4-3-8(11)5-9(10)14(15)16;/h3-5,7H,6,12H2,1-2H3;1H. The van der Waals surface area contributed by atoms with Gasteiger partial charge >= 0.3 is 0 Å².